The lowest BCUT2D eigenvalue weighted by Crippen LogP contribution is -2.40. The summed E-state index contributed by atoms with van der Waals surface area (Å²) >= 11 is 0. The van der Waals surface area contributed by atoms with Gasteiger partial charge in [-0.1, -0.05) is 18.6 Å². The third kappa shape index (κ3) is 2.70. The molecule has 1 aliphatic rings. The molecule has 0 aliphatic carbocycles. The van der Waals surface area contributed by atoms with E-state index < -0.39 is 30.7 Å². The zero-order valence-corrected chi connectivity index (χ0v) is 13.6. The van der Waals surface area contributed by atoms with Gasteiger partial charge in [-0.3, -0.25) is 0 Å². The van der Waals surface area contributed by atoms with E-state index in [1.54, 1.807) is 0 Å². The van der Waals surface area contributed by atoms with Crippen molar-refractivity contribution in [3.63, 3.8) is 0 Å². The van der Waals surface area contributed by atoms with Crippen molar-refractivity contribution in [3.8, 4) is 0 Å². The van der Waals surface area contributed by atoms with Gasteiger partial charge in [0.2, 0.25) is 0 Å². The maximum Gasteiger partial charge on any atom is 0.191 e. The van der Waals surface area contributed by atoms with Crippen LogP contribution in [-0.4, -0.2) is 66.2 Å². The van der Waals surface area contributed by atoms with Gasteiger partial charge in [0, 0.05) is 6.54 Å². The molecule has 9 nitrogen and oxygen atoms in total. The highest BCUT2D eigenvalue weighted by Crippen LogP contribution is 2.41. The van der Waals surface area contributed by atoms with E-state index in [2.05, 4.69) is 32.5 Å². The topological polar surface area (TPSA) is 118 Å². The first-order valence-electron chi connectivity index (χ1n) is 7.93. The monoisotopic (exact) mass is 340 g/mol. The average Bonchev–Trinajstić information content (AvgIpc) is 3.08. The number of ether oxygens (including phenoxy) is 1. The molecule has 3 rings (SSSR count). The van der Waals surface area contributed by atoms with Crippen molar-refractivity contribution in [3.05, 3.63) is 6.33 Å². The summed E-state index contributed by atoms with van der Waals surface area (Å²) in [4.78, 5) is 8.25. The van der Waals surface area contributed by atoms with Gasteiger partial charge in [0.05, 0.1) is 6.61 Å². The highest BCUT2D eigenvalue weighted by molar-refractivity contribution is 5.81. The van der Waals surface area contributed by atoms with Crippen molar-refractivity contribution in [2.45, 2.75) is 50.8 Å². The summed E-state index contributed by atoms with van der Waals surface area (Å²) in [5, 5.41) is 30.3. The smallest absolute Gasteiger partial charge is 0.191 e. The minimum Gasteiger partial charge on any atom is -0.394 e. The van der Waals surface area contributed by atoms with Crippen molar-refractivity contribution in [1.82, 2.24) is 25.0 Å². The third-order valence-electron chi connectivity index (χ3n) is 4.20. The van der Waals surface area contributed by atoms with Gasteiger partial charge < -0.3 is 20.3 Å². The van der Waals surface area contributed by atoms with E-state index in [0.29, 0.717) is 17.0 Å². The maximum absolute atomic E-state index is 14.9. The van der Waals surface area contributed by atoms with Gasteiger partial charge in [-0.15, -0.1) is 5.10 Å². The molecule has 0 aromatic carbocycles. The Morgan fingerprint density at radius 1 is 1.46 bits per heavy atom. The first-order chi connectivity index (χ1) is 11.5. The summed E-state index contributed by atoms with van der Waals surface area (Å²) in [6.45, 7) is 3.51. The highest BCUT2D eigenvalue weighted by atomic mass is 19.1. The predicted octanol–water partition coefficient (Wildman–Crippen LogP) is 0.412. The number of aliphatic hydroxyl groups excluding tert-OH is 2. The molecule has 1 fully saturated rings. The number of fused-ring (bicyclic) bond motifs is 1. The van der Waals surface area contributed by atoms with Gasteiger partial charge >= 0.3 is 0 Å². The van der Waals surface area contributed by atoms with Crippen molar-refractivity contribution < 1.29 is 19.3 Å². The summed E-state index contributed by atoms with van der Waals surface area (Å²) in [6, 6.07) is 0. The maximum atomic E-state index is 14.9. The van der Waals surface area contributed by atoms with E-state index in [1.165, 1.54) is 17.9 Å². The molecule has 132 valence electrons. The third-order valence-corrected chi connectivity index (χ3v) is 4.20. The minimum atomic E-state index is -2.14. The predicted molar refractivity (Wildman–Crippen MR) is 83.0 cm³/mol. The van der Waals surface area contributed by atoms with Crippen LogP contribution in [0.1, 0.15) is 32.9 Å². The van der Waals surface area contributed by atoms with Crippen LogP contribution in [0.25, 0.3) is 11.2 Å². The summed E-state index contributed by atoms with van der Waals surface area (Å²) in [6.07, 6.45) is -0.416. The Labute approximate surface area is 137 Å². The molecule has 1 saturated heterocycles. The summed E-state index contributed by atoms with van der Waals surface area (Å²) < 4.78 is 21.5. The van der Waals surface area contributed by atoms with E-state index in [0.717, 1.165) is 19.4 Å². The zero-order valence-electron chi connectivity index (χ0n) is 13.6. The van der Waals surface area contributed by atoms with Gasteiger partial charge in [-0.05, 0) is 13.3 Å². The lowest BCUT2D eigenvalue weighted by atomic mass is 9.99. The lowest BCUT2D eigenvalue weighted by Gasteiger charge is -2.23. The van der Waals surface area contributed by atoms with Gasteiger partial charge in [-0.25, -0.2) is 14.4 Å². The zero-order chi connectivity index (χ0) is 17.3. The van der Waals surface area contributed by atoms with Crippen LogP contribution in [0.2, 0.25) is 0 Å². The van der Waals surface area contributed by atoms with E-state index >= 15 is 0 Å². The molecule has 0 saturated carbocycles. The quantitative estimate of drug-likeness (QED) is 0.647. The Hall–Kier alpha value is -1.91. The number of hydrogen-bond donors (Lipinski definition) is 3. The van der Waals surface area contributed by atoms with Crippen molar-refractivity contribution in [2.24, 2.45) is 0 Å². The molecule has 0 spiro atoms. The summed E-state index contributed by atoms with van der Waals surface area (Å²) in [5.74, 6) is 0.512. The van der Waals surface area contributed by atoms with Crippen molar-refractivity contribution >= 4 is 17.0 Å². The van der Waals surface area contributed by atoms with Gasteiger partial charge in [0.15, 0.2) is 28.9 Å². The number of anilines is 1. The van der Waals surface area contributed by atoms with Crippen LogP contribution in [0.15, 0.2) is 6.33 Å². The number of alkyl halides is 1. The van der Waals surface area contributed by atoms with Crippen molar-refractivity contribution in [2.75, 3.05) is 18.5 Å². The Morgan fingerprint density at radius 3 is 2.92 bits per heavy atom. The van der Waals surface area contributed by atoms with Crippen molar-refractivity contribution in [1.29, 1.82) is 0 Å². The Kier molecular flexibility index (Phi) is 4.61. The molecule has 0 bridgehead atoms. The van der Waals surface area contributed by atoms with E-state index in [9.17, 15) is 14.6 Å². The number of hydrogen-bond acceptors (Lipinski definition) is 8. The van der Waals surface area contributed by atoms with Gasteiger partial charge in [-0.2, -0.15) is 4.68 Å². The largest absolute Gasteiger partial charge is 0.394 e. The van der Waals surface area contributed by atoms with Crippen LogP contribution in [0.4, 0.5) is 10.2 Å². The number of rotatable bonds is 6. The Bertz CT molecular complexity index is 709. The number of nitrogens with zero attached hydrogens (tertiary/aromatic N) is 5. The first kappa shape index (κ1) is 16.9. The molecule has 2 aromatic heterocycles. The van der Waals surface area contributed by atoms with E-state index in [1.807, 2.05) is 0 Å². The number of unbranched alkanes of at least 4 members (excludes halogenated alkanes) is 1. The average molecular weight is 340 g/mol. The number of aliphatic hydroxyl groups is 2. The summed E-state index contributed by atoms with van der Waals surface area (Å²) in [7, 11) is 0. The molecule has 3 N–H and O–H groups in total. The van der Waals surface area contributed by atoms with Crippen LogP contribution in [0.3, 0.4) is 0 Å². The number of halogens is 1. The number of nitrogens with one attached hydrogen (secondary N) is 1. The molecule has 0 amide bonds. The van der Waals surface area contributed by atoms with Gasteiger partial charge in [0.25, 0.3) is 0 Å². The van der Waals surface area contributed by atoms with E-state index in [4.69, 9.17) is 4.74 Å². The van der Waals surface area contributed by atoms with Crippen LogP contribution >= 0.6 is 0 Å². The molecule has 24 heavy (non-hydrogen) atoms. The highest BCUT2D eigenvalue weighted by Gasteiger charge is 2.55. The lowest BCUT2D eigenvalue weighted by molar-refractivity contribution is -0.0639. The fourth-order valence-electron chi connectivity index (χ4n) is 2.76. The van der Waals surface area contributed by atoms with E-state index in [-0.39, 0.29) is 0 Å². The van der Waals surface area contributed by atoms with Crippen LogP contribution in [0, 0.1) is 0 Å². The van der Waals surface area contributed by atoms with Crippen LogP contribution in [0.5, 0.6) is 0 Å². The fraction of sp³-hybridized carbons (Fsp3) is 0.714. The van der Waals surface area contributed by atoms with Crippen LogP contribution < -0.4 is 5.32 Å². The normalized spacial score (nSPS) is 30.1. The molecule has 2 aromatic rings. The standard InChI is InChI=1S/C14H21FN6O3/c1-3-4-5-16-11-9-12(18-7-17-11)21(20-19-9)13-14(2,15)10(23)8(6-22)24-13/h7-8,10,13,22-23H,3-6H2,1-2H3,(H,16,17,18)/t8-,10-,13-,14-/m1/s1. The second kappa shape index (κ2) is 6.54. The molecule has 0 radical (unpaired) electrons. The Balaban J connectivity index is 1.95. The first-order valence-corrected chi connectivity index (χ1v) is 7.93. The second-order valence-electron chi connectivity index (χ2n) is 6.01. The molecule has 0 unspecified atom stereocenters. The summed E-state index contributed by atoms with van der Waals surface area (Å²) in [5.41, 5.74) is -1.45. The minimum absolute atomic E-state index is 0.295. The fourth-order valence-corrected chi connectivity index (χ4v) is 2.76. The van der Waals surface area contributed by atoms with Crippen LogP contribution in [-0.2, 0) is 4.74 Å². The molecule has 3 heterocycles. The van der Waals surface area contributed by atoms with Gasteiger partial charge in [0.1, 0.15) is 18.5 Å². The molecular formula is C14H21FN6O3. The molecular weight excluding hydrogens is 319 g/mol. The molecule has 4 atom stereocenters. The molecule has 10 heteroatoms. The number of aromatic nitrogens is 5. The second-order valence-corrected chi connectivity index (χ2v) is 6.01. The molecule has 1 aliphatic heterocycles. The SMILES string of the molecule is CCCCNc1ncnc2c1nnn2[C@@H]1O[C@H](CO)[C@@H](O)[C@@]1(C)F. The Morgan fingerprint density at radius 2 is 2.25 bits per heavy atom.